The van der Waals surface area contributed by atoms with Crippen molar-refractivity contribution in [1.29, 1.82) is 0 Å². The van der Waals surface area contributed by atoms with E-state index in [0.717, 1.165) is 11.9 Å². The molecule has 21 heavy (non-hydrogen) atoms. The number of hydrogen-bond donors (Lipinski definition) is 1. The van der Waals surface area contributed by atoms with Crippen LogP contribution in [-0.2, 0) is 6.42 Å². The molecule has 0 aliphatic carbocycles. The Morgan fingerprint density at radius 1 is 1.00 bits per heavy atom. The van der Waals surface area contributed by atoms with Crippen LogP contribution in [-0.4, -0.2) is 12.0 Å². The average Bonchev–Trinajstić information content (AvgIpc) is 2.54. The molecule has 106 valence electrons. The fraction of sp³-hybridized carbons (Fsp3) is 0.211. The van der Waals surface area contributed by atoms with Crippen molar-refractivity contribution in [2.75, 3.05) is 12.4 Å². The SMILES string of the molecule is CCc1nc2ccc(-c3ccccc3)cc2c(NC)c1C. The van der Waals surface area contributed by atoms with Crippen LogP contribution < -0.4 is 5.32 Å². The summed E-state index contributed by atoms with van der Waals surface area (Å²) in [6.07, 6.45) is 0.955. The molecule has 3 rings (SSSR count). The lowest BCUT2D eigenvalue weighted by atomic mass is 10.00. The molecule has 0 atom stereocenters. The van der Waals surface area contributed by atoms with Gasteiger partial charge >= 0.3 is 0 Å². The second-order valence-electron chi connectivity index (χ2n) is 5.26. The molecule has 2 aromatic carbocycles. The summed E-state index contributed by atoms with van der Waals surface area (Å²) in [4.78, 5) is 4.80. The molecule has 0 amide bonds. The molecule has 2 heteroatoms. The van der Waals surface area contributed by atoms with Crippen molar-refractivity contribution in [3.8, 4) is 11.1 Å². The molecule has 0 bridgehead atoms. The minimum Gasteiger partial charge on any atom is -0.387 e. The van der Waals surface area contributed by atoms with Crippen molar-refractivity contribution in [1.82, 2.24) is 4.98 Å². The van der Waals surface area contributed by atoms with Gasteiger partial charge < -0.3 is 5.32 Å². The second kappa shape index (κ2) is 5.57. The van der Waals surface area contributed by atoms with Crippen LogP contribution in [0.2, 0.25) is 0 Å². The predicted molar refractivity (Wildman–Crippen MR) is 90.8 cm³/mol. The minimum atomic E-state index is 0.955. The van der Waals surface area contributed by atoms with E-state index in [9.17, 15) is 0 Å². The number of benzene rings is 2. The van der Waals surface area contributed by atoms with Gasteiger partial charge in [-0.1, -0.05) is 43.3 Å². The standard InChI is InChI=1S/C19H20N2/c1-4-17-13(2)19(20-3)16-12-15(10-11-18(16)21-17)14-8-6-5-7-9-14/h5-12H,4H2,1-3H3,(H,20,21). The molecule has 0 saturated carbocycles. The predicted octanol–water partition coefficient (Wildman–Crippen LogP) is 4.81. The number of hydrogen-bond acceptors (Lipinski definition) is 2. The lowest BCUT2D eigenvalue weighted by Crippen LogP contribution is -2.01. The van der Waals surface area contributed by atoms with E-state index in [4.69, 9.17) is 4.98 Å². The summed E-state index contributed by atoms with van der Waals surface area (Å²) in [5.41, 5.74) is 7.12. The van der Waals surface area contributed by atoms with E-state index in [1.54, 1.807) is 0 Å². The van der Waals surface area contributed by atoms with Gasteiger partial charge in [0.25, 0.3) is 0 Å². The number of rotatable bonds is 3. The molecular weight excluding hydrogens is 256 g/mol. The molecule has 2 nitrogen and oxygen atoms in total. The third kappa shape index (κ3) is 2.38. The van der Waals surface area contributed by atoms with E-state index in [0.29, 0.717) is 0 Å². The number of nitrogens with zero attached hydrogens (tertiary/aromatic N) is 1. The second-order valence-corrected chi connectivity index (χ2v) is 5.26. The van der Waals surface area contributed by atoms with Crippen LogP contribution in [0.5, 0.6) is 0 Å². The van der Waals surface area contributed by atoms with E-state index in [-0.39, 0.29) is 0 Å². The Balaban J connectivity index is 2.26. The quantitative estimate of drug-likeness (QED) is 0.742. The van der Waals surface area contributed by atoms with Crippen molar-refractivity contribution in [2.45, 2.75) is 20.3 Å². The largest absolute Gasteiger partial charge is 0.387 e. The van der Waals surface area contributed by atoms with E-state index in [1.807, 2.05) is 13.1 Å². The van der Waals surface area contributed by atoms with Crippen molar-refractivity contribution in [3.05, 3.63) is 59.8 Å². The first-order valence-electron chi connectivity index (χ1n) is 7.41. The Labute approximate surface area is 125 Å². The number of nitrogens with one attached hydrogen (secondary N) is 1. The maximum absolute atomic E-state index is 4.80. The van der Waals surface area contributed by atoms with Crippen LogP contribution in [0.15, 0.2) is 48.5 Å². The number of anilines is 1. The van der Waals surface area contributed by atoms with Gasteiger partial charge in [-0.05, 0) is 42.2 Å². The summed E-state index contributed by atoms with van der Waals surface area (Å²) in [5.74, 6) is 0. The average molecular weight is 276 g/mol. The number of aryl methyl sites for hydroxylation is 1. The lowest BCUT2D eigenvalue weighted by molar-refractivity contribution is 1.03. The zero-order valence-corrected chi connectivity index (χ0v) is 12.8. The van der Waals surface area contributed by atoms with E-state index >= 15 is 0 Å². The minimum absolute atomic E-state index is 0.955. The van der Waals surface area contributed by atoms with Gasteiger partial charge in [-0.3, -0.25) is 4.98 Å². The summed E-state index contributed by atoms with van der Waals surface area (Å²) in [7, 11) is 1.98. The van der Waals surface area contributed by atoms with Crippen molar-refractivity contribution in [3.63, 3.8) is 0 Å². The monoisotopic (exact) mass is 276 g/mol. The first-order valence-corrected chi connectivity index (χ1v) is 7.41. The zero-order valence-electron chi connectivity index (χ0n) is 12.8. The smallest absolute Gasteiger partial charge is 0.0726 e. The molecule has 0 saturated heterocycles. The van der Waals surface area contributed by atoms with Gasteiger partial charge in [0.15, 0.2) is 0 Å². The highest BCUT2D eigenvalue weighted by molar-refractivity contribution is 5.96. The first kappa shape index (κ1) is 13.6. The Kier molecular flexibility index (Phi) is 3.61. The fourth-order valence-corrected chi connectivity index (χ4v) is 2.89. The van der Waals surface area contributed by atoms with Crippen molar-refractivity contribution in [2.24, 2.45) is 0 Å². The number of fused-ring (bicyclic) bond motifs is 1. The highest BCUT2D eigenvalue weighted by Gasteiger charge is 2.10. The van der Waals surface area contributed by atoms with Gasteiger partial charge in [-0.2, -0.15) is 0 Å². The van der Waals surface area contributed by atoms with Gasteiger partial charge in [0.1, 0.15) is 0 Å². The third-order valence-corrected chi connectivity index (χ3v) is 4.02. The van der Waals surface area contributed by atoms with E-state index in [2.05, 4.69) is 61.6 Å². The Morgan fingerprint density at radius 2 is 1.76 bits per heavy atom. The highest BCUT2D eigenvalue weighted by Crippen LogP contribution is 2.31. The molecule has 3 aromatic rings. The Bertz CT molecular complexity index is 776. The molecular formula is C19H20N2. The van der Waals surface area contributed by atoms with Gasteiger partial charge in [-0.15, -0.1) is 0 Å². The summed E-state index contributed by atoms with van der Waals surface area (Å²) < 4.78 is 0. The summed E-state index contributed by atoms with van der Waals surface area (Å²) in [6.45, 7) is 4.30. The molecule has 0 fully saturated rings. The van der Waals surface area contributed by atoms with E-state index < -0.39 is 0 Å². The van der Waals surface area contributed by atoms with Gasteiger partial charge in [-0.25, -0.2) is 0 Å². The molecule has 1 heterocycles. The maximum Gasteiger partial charge on any atom is 0.0726 e. The normalized spacial score (nSPS) is 10.8. The fourth-order valence-electron chi connectivity index (χ4n) is 2.89. The molecule has 0 unspecified atom stereocenters. The molecule has 0 spiro atoms. The summed E-state index contributed by atoms with van der Waals surface area (Å²) in [6, 6.07) is 17.0. The van der Waals surface area contributed by atoms with E-state index in [1.165, 1.54) is 33.5 Å². The molecule has 1 aromatic heterocycles. The summed E-state index contributed by atoms with van der Waals surface area (Å²) >= 11 is 0. The van der Waals surface area contributed by atoms with Crippen LogP contribution in [0.25, 0.3) is 22.0 Å². The Hall–Kier alpha value is -2.35. The van der Waals surface area contributed by atoms with Gasteiger partial charge in [0, 0.05) is 23.8 Å². The van der Waals surface area contributed by atoms with Crippen LogP contribution in [0.4, 0.5) is 5.69 Å². The zero-order chi connectivity index (χ0) is 14.8. The maximum atomic E-state index is 4.80. The first-order chi connectivity index (χ1) is 10.2. The lowest BCUT2D eigenvalue weighted by Gasteiger charge is -2.14. The molecule has 1 N–H and O–H groups in total. The van der Waals surface area contributed by atoms with Crippen LogP contribution in [0.1, 0.15) is 18.2 Å². The van der Waals surface area contributed by atoms with Crippen LogP contribution >= 0.6 is 0 Å². The summed E-state index contributed by atoms with van der Waals surface area (Å²) in [5, 5.41) is 4.54. The third-order valence-electron chi connectivity index (χ3n) is 4.02. The number of pyridine rings is 1. The van der Waals surface area contributed by atoms with Crippen molar-refractivity contribution < 1.29 is 0 Å². The topological polar surface area (TPSA) is 24.9 Å². The molecule has 0 radical (unpaired) electrons. The molecule has 0 aliphatic rings. The van der Waals surface area contributed by atoms with Gasteiger partial charge in [0.05, 0.1) is 5.52 Å². The Morgan fingerprint density at radius 3 is 2.43 bits per heavy atom. The molecule has 0 aliphatic heterocycles. The highest BCUT2D eigenvalue weighted by atomic mass is 14.8. The van der Waals surface area contributed by atoms with Crippen LogP contribution in [0, 0.1) is 6.92 Å². The van der Waals surface area contributed by atoms with Crippen LogP contribution in [0.3, 0.4) is 0 Å². The van der Waals surface area contributed by atoms with Gasteiger partial charge in [0.2, 0.25) is 0 Å². The number of aromatic nitrogens is 1. The van der Waals surface area contributed by atoms with Crippen molar-refractivity contribution >= 4 is 16.6 Å².